The lowest BCUT2D eigenvalue weighted by molar-refractivity contribution is -0.120. The SMILES string of the molecule is CN1CCN(c2ccc(NCCNc3ccc(N([O-])O)cn3)nc2-c2ccc(Cl)cc2Cl)C(=O)C1. The lowest BCUT2D eigenvalue weighted by Gasteiger charge is -2.33. The zero-order valence-electron chi connectivity index (χ0n) is 18.9. The third-order valence-electron chi connectivity index (χ3n) is 5.47. The second-order valence-electron chi connectivity index (χ2n) is 8.00. The van der Waals surface area contributed by atoms with Gasteiger partial charge in [-0.05, 0) is 49.5 Å². The van der Waals surface area contributed by atoms with E-state index in [1.807, 2.05) is 24.1 Å². The first-order valence-corrected chi connectivity index (χ1v) is 11.6. The molecular weight excluding hydrogens is 493 g/mol. The van der Waals surface area contributed by atoms with Crippen molar-refractivity contribution in [2.75, 3.05) is 60.5 Å². The van der Waals surface area contributed by atoms with Gasteiger partial charge in [-0.25, -0.2) is 9.97 Å². The molecule has 1 aliphatic rings. The van der Waals surface area contributed by atoms with Crippen molar-refractivity contribution in [3.05, 3.63) is 63.9 Å². The Hall–Kier alpha value is -3.15. The lowest BCUT2D eigenvalue weighted by atomic mass is 10.1. The summed E-state index contributed by atoms with van der Waals surface area (Å²) in [7, 11) is 1.92. The molecule has 184 valence electrons. The monoisotopic (exact) mass is 516 g/mol. The highest BCUT2D eigenvalue weighted by Gasteiger charge is 2.26. The van der Waals surface area contributed by atoms with Crippen molar-refractivity contribution in [1.82, 2.24) is 14.9 Å². The third-order valence-corrected chi connectivity index (χ3v) is 6.02. The van der Waals surface area contributed by atoms with Crippen LogP contribution in [0.25, 0.3) is 11.3 Å². The minimum Gasteiger partial charge on any atom is -0.733 e. The second kappa shape index (κ2) is 11.1. The van der Waals surface area contributed by atoms with E-state index in [9.17, 15) is 10.0 Å². The van der Waals surface area contributed by atoms with Crippen LogP contribution >= 0.6 is 23.2 Å². The van der Waals surface area contributed by atoms with Crippen molar-refractivity contribution in [2.24, 2.45) is 0 Å². The molecule has 1 saturated heterocycles. The Morgan fingerprint density at radius 3 is 2.49 bits per heavy atom. The molecule has 4 rings (SSSR count). The summed E-state index contributed by atoms with van der Waals surface area (Å²) in [6, 6.07) is 11.9. The number of rotatable bonds is 8. The molecule has 0 aliphatic carbocycles. The van der Waals surface area contributed by atoms with Gasteiger partial charge in [0.05, 0.1) is 34.8 Å². The van der Waals surface area contributed by atoms with E-state index in [1.54, 1.807) is 29.2 Å². The fourth-order valence-corrected chi connectivity index (χ4v) is 4.18. The van der Waals surface area contributed by atoms with Crippen molar-refractivity contribution in [1.29, 1.82) is 0 Å². The van der Waals surface area contributed by atoms with Crippen LogP contribution in [0.1, 0.15) is 0 Å². The molecule has 0 atom stereocenters. The summed E-state index contributed by atoms with van der Waals surface area (Å²) < 4.78 is 0. The summed E-state index contributed by atoms with van der Waals surface area (Å²) in [4.78, 5) is 25.3. The van der Waals surface area contributed by atoms with E-state index in [2.05, 4.69) is 15.6 Å². The van der Waals surface area contributed by atoms with Gasteiger partial charge in [-0.3, -0.25) is 14.9 Å². The first-order valence-electron chi connectivity index (χ1n) is 10.9. The molecule has 0 saturated carbocycles. The minimum atomic E-state index is -0.242. The summed E-state index contributed by atoms with van der Waals surface area (Å²) in [6.45, 7) is 2.68. The molecule has 0 radical (unpaired) electrons. The van der Waals surface area contributed by atoms with E-state index >= 15 is 0 Å². The number of aromatic nitrogens is 2. The van der Waals surface area contributed by atoms with E-state index in [-0.39, 0.29) is 16.8 Å². The summed E-state index contributed by atoms with van der Waals surface area (Å²) in [5, 5.41) is 26.8. The highest BCUT2D eigenvalue weighted by Crippen LogP contribution is 2.36. The standard InChI is InChI=1S/C23H24Cl2N7O3/c1-30-10-11-31(22(33)14-30)19-5-7-21(29-23(19)17-4-2-15(24)12-18(17)25)27-9-8-26-20-6-3-16(13-28-20)32(34)35/h2-7,12-13,34H,8-11,14H2,1H3,(H,26,28)(H,27,29)/q-1. The van der Waals surface area contributed by atoms with E-state index < -0.39 is 0 Å². The number of carbonyl (C=O) groups is 1. The molecule has 3 aromatic rings. The second-order valence-corrected chi connectivity index (χ2v) is 8.84. The molecule has 35 heavy (non-hydrogen) atoms. The average Bonchev–Trinajstić information content (AvgIpc) is 2.82. The molecule has 12 heteroatoms. The average molecular weight is 517 g/mol. The largest absolute Gasteiger partial charge is 0.733 e. The first kappa shape index (κ1) is 25.0. The molecule has 2 aromatic heterocycles. The van der Waals surface area contributed by atoms with Crippen LogP contribution in [0.15, 0.2) is 48.7 Å². The molecular formula is C23H24Cl2N7O3-. The lowest BCUT2D eigenvalue weighted by Crippen LogP contribution is -2.49. The maximum atomic E-state index is 12.8. The number of nitrogens with zero attached hydrogens (tertiary/aromatic N) is 5. The van der Waals surface area contributed by atoms with Gasteiger partial charge < -0.3 is 26.0 Å². The van der Waals surface area contributed by atoms with Crippen LogP contribution in [0.3, 0.4) is 0 Å². The quantitative estimate of drug-likeness (QED) is 0.301. The van der Waals surface area contributed by atoms with Gasteiger partial charge in [-0.15, -0.1) is 0 Å². The predicted octanol–water partition coefficient (Wildman–Crippen LogP) is 3.95. The number of amides is 1. The van der Waals surface area contributed by atoms with Gasteiger partial charge in [-0.1, -0.05) is 23.2 Å². The molecule has 3 N–H and O–H groups in total. The normalized spacial score (nSPS) is 14.2. The first-order chi connectivity index (χ1) is 16.8. The van der Waals surface area contributed by atoms with E-state index in [0.717, 1.165) is 6.54 Å². The van der Waals surface area contributed by atoms with Crippen LogP contribution in [0.5, 0.6) is 0 Å². The van der Waals surface area contributed by atoms with Crippen molar-refractivity contribution >= 4 is 52.1 Å². The maximum absolute atomic E-state index is 12.8. The Bertz CT molecular complexity index is 1190. The van der Waals surface area contributed by atoms with Crippen LogP contribution in [0.4, 0.5) is 23.0 Å². The molecule has 1 fully saturated rings. The fraction of sp³-hybridized carbons (Fsp3) is 0.261. The highest BCUT2D eigenvalue weighted by molar-refractivity contribution is 6.36. The number of anilines is 4. The Balaban J connectivity index is 1.51. The molecule has 1 aliphatic heterocycles. The summed E-state index contributed by atoms with van der Waals surface area (Å²) in [5.74, 6) is 1.17. The van der Waals surface area contributed by atoms with E-state index in [4.69, 9.17) is 33.4 Å². The Kier molecular flexibility index (Phi) is 7.89. The van der Waals surface area contributed by atoms with E-state index in [0.29, 0.717) is 64.8 Å². The number of benzene rings is 1. The zero-order chi connectivity index (χ0) is 24.9. The Morgan fingerprint density at radius 2 is 1.83 bits per heavy atom. The van der Waals surface area contributed by atoms with Crippen molar-refractivity contribution < 1.29 is 10.0 Å². The molecule has 3 heterocycles. The third kappa shape index (κ3) is 6.11. The van der Waals surface area contributed by atoms with Crippen molar-refractivity contribution in [3.8, 4) is 11.3 Å². The topological polar surface area (TPSA) is 120 Å². The number of halogens is 2. The molecule has 1 aromatic carbocycles. The van der Waals surface area contributed by atoms with Gasteiger partial charge >= 0.3 is 0 Å². The predicted molar refractivity (Wildman–Crippen MR) is 138 cm³/mol. The molecule has 0 spiro atoms. The molecule has 1 amide bonds. The Labute approximate surface area is 212 Å². The van der Waals surface area contributed by atoms with Gasteiger partial charge in [0.2, 0.25) is 5.91 Å². The van der Waals surface area contributed by atoms with Crippen molar-refractivity contribution in [2.45, 2.75) is 0 Å². The summed E-state index contributed by atoms with van der Waals surface area (Å²) >= 11 is 12.6. The number of hydrogen-bond donors (Lipinski definition) is 3. The number of pyridine rings is 2. The molecule has 0 unspecified atom stereocenters. The zero-order valence-corrected chi connectivity index (χ0v) is 20.4. The van der Waals surface area contributed by atoms with E-state index in [1.165, 1.54) is 12.3 Å². The van der Waals surface area contributed by atoms with Gasteiger partial charge in [-0.2, -0.15) is 0 Å². The summed E-state index contributed by atoms with van der Waals surface area (Å²) in [5.41, 5.74) is 2.01. The highest BCUT2D eigenvalue weighted by atomic mass is 35.5. The van der Waals surface area contributed by atoms with Crippen LogP contribution < -0.4 is 20.8 Å². The van der Waals surface area contributed by atoms with Crippen LogP contribution in [-0.2, 0) is 4.79 Å². The molecule has 10 nitrogen and oxygen atoms in total. The number of nitrogens with one attached hydrogen (secondary N) is 2. The van der Waals surface area contributed by atoms with Gasteiger partial charge in [0.15, 0.2) is 0 Å². The van der Waals surface area contributed by atoms with Crippen LogP contribution in [0.2, 0.25) is 10.0 Å². The summed E-state index contributed by atoms with van der Waals surface area (Å²) in [6.07, 6.45) is 1.27. The fourth-order valence-electron chi connectivity index (χ4n) is 3.68. The van der Waals surface area contributed by atoms with Gasteiger partial charge in [0.1, 0.15) is 11.6 Å². The molecule has 0 bridgehead atoms. The van der Waals surface area contributed by atoms with Gasteiger partial charge in [0, 0.05) is 36.8 Å². The number of hydrogen-bond acceptors (Lipinski definition) is 9. The van der Waals surface area contributed by atoms with Crippen LogP contribution in [-0.4, -0.2) is 65.8 Å². The van der Waals surface area contributed by atoms with Crippen molar-refractivity contribution in [3.63, 3.8) is 0 Å². The minimum absolute atomic E-state index is 0.00314. The maximum Gasteiger partial charge on any atom is 0.241 e. The number of piperazine rings is 1. The Morgan fingerprint density at radius 1 is 1.09 bits per heavy atom. The van der Waals surface area contributed by atoms with Crippen LogP contribution in [0, 0.1) is 5.21 Å². The smallest absolute Gasteiger partial charge is 0.241 e. The number of carbonyl (C=O) groups excluding carboxylic acids is 1. The number of likely N-dealkylation sites (N-methyl/N-ethyl adjacent to an activating group) is 1. The van der Waals surface area contributed by atoms with Gasteiger partial charge in [0.25, 0.3) is 0 Å².